The summed E-state index contributed by atoms with van der Waals surface area (Å²) < 4.78 is 35.3. The Labute approximate surface area is 340 Å². The van der Waals surface area contributed by atoms with Crippen LogP contribution in [0.25, 0.3) is 0 Å². The molecule has 14 nitrogen and oxygen atoms in total. The fourth-order valence-electron chi connectivity index (χ4n) is 11.5. The van der Waals surface area contributed by atoms with Gasteiger partial charge in [-0.3, -0.25) is 24.0 Å². The summed E-state index contributed by atoms with van der Waals surface area (Å²) in [5.41, 5.74) is 0. The second-order valence-corrected chi connectivity index (χ2v) is 19.0. The van der Waals surface area contributed by atoms with Crippen molar-refractivity contribution in [1.29, 1.82) is 0 Å². The lowest BCUT2D eigenvalue weighted by molar-refractivity contribution is -0.164. The van der Waals surface area contributed by atoms with E-state index < -0.39 is 18.2 Å². The van der Waals surface area contributed by atoms with E-state index >= 15 is 0 Å². The molecule has 4 heterocycles. The third-order valence-corrected chi connectivity index (χ3v) is 14.5. The van der Waals surface area contributed by atoms with Gasteiger partial charge in [0.05, 0.1) is 43.5 Å². The number of fused-ring (bicyclic) bond motifs is 5. The van der Waals surface area contributed by atoms with E-state index in [4.69, 9.17) is 28.4 Å². The number of carbonyl (C=O) groups is 7. The number of cyclic esters (lactones) is 3. The van der Waals surface area contributed by atoms with Crippen LogP contribution in [0, 0.1) is 71.0 Å². The summed E-state index contributed by atoms with van der Waals surface area (Å²) in [4.78, 5) is 79.2. The van der Waals surface area contributed by atoms with Crippen LogP contribution in [0.4, 0.5) is 0 Å². The Morgan fingerprint density at radius 3 is 1.69 bits per heavy atom. The number of esters is 7. The second kappa shape index (κ2) is 18.3. The van der Waals surface area contributed by atoms with Crippen LogP contribution in [-0.4, -0.2) is 86.0 Å². The van der Waals surface area contributed by atoms with E-state index in [0.717, 1.165) is 55.8 Å². The van der Waals surface area contributed by atoms with Crippen molar-refractivity contribution >= 4 is 41.8 Å². The number of ether oxygens (including phenoxy) is 7. The van der Waals surface area contributed by atoms with E-state index in [1.807, 2.05) is 13.8 Å². The van der Waals surface area contributed by atoms with Gasteiger partial charge in [-0.05, 0) is 93.3 Å². The highest BCUT2D eigenvalue weighted by molar-refractivity contribution is 5.82. The van der Waals surface area contributed by atoms with Crippen LogP contribution in [0.2, 0.25) is 0 Å². The smallest absolute Gasteiger partial charge is 0.347 e. The Morgan fingerprint density at radius 1 is 0.552 bits per heavy atom. The lowest BCUT2D eigenvalue weighted by atomic mass is 9.76. The predicted octanol–water partition coefficient (Wildman–Crippen LogP) is 5.29. The minimum atomic E-state index is -0.667. The average molecular weight is 815 g/mol. The van der Waals surface area contributed by atoms with Crippen molar-refractivity contribution in [2.75, 3.05) is 19.8 Å². The Hall–Kier alpha value is -3.71. The average Bonchev–Trinajstić information content (AvgIpc) is 4.06. The standard InChI is InChI=1S/2C12H16O4.C12H18O2.C8H12O4/c1-5(2)11(13)15-9-6-3-7-8(4-6)12(14)16-10(7)9;13-11(16-10-3-4-15-12(10)14)9-6-7-1-2-8(9)5-7;13-12-7-10(3-4-14-12)11-6-8-1-2-9(11)5-8;1-5(2)7(9)12-6-3-4-11-8(6)10/h5-10H,3-4H2,1-2H3;7-10H,1-6H2;8-11H,1-7H2;5-6H,3-4H2,1-2H3. The molecule has 0 amide bonds. The first-order valence-electron chi connectivity index (χ1n) is 22.1. The molecule has 0 aromatic carbocycles. The molecule has 4 saturated heterocycles. The molecular formula is C44H62O14. The summed E-state index contributed by atoms with van der Waals surface area (Å²) >= 11 is 0. The fraction of sp³-hybridized carbons (Fsp3) is 0.841. The zero-order valence-corrected chi connectivity index (χ0v) is 34.5. The minimum absolute atomic E-state index is 0.0454. The number of rotatable bonds is 7. The van der Waals surface area contributed by atoms with E-state index in [0.29, 0.717) is 62.8 Å². The van der Waals surface area contributed by atoms with Crippen molar-refractivity contribution in [1.82, 2.24) is 0 Å². The summed E-state index contributed by atoms with van der Waals surface area (Å²) in [7, 11) is 0. The number of carbonyl (C=O) groups excluding carboxylic acids is 7. The van der Waals surface area contributed by atoms with Crippen LogP contribution in [0.15, 0.2) is 0 Å². The summed E-state index contributed by atoms with van der Waals surface area (Å²) in [6.07, 6.45) is 13.3. The van der Waals surface area contributed by atoms with E-state index in [1.165, 1.54) is 38.5 Å². The molecule has 0 radical (unpaired) electrons. The van der Waals surface area contributed by atoms with Crippen molar-refractivity contribution in [2.45, 2.75) is 142 Å². The highest BCUT2D eigenvalue weighted by atomic mass is 16.6. The van der Waals surface area contributed by atoms with Crippen LogP contribution in [0.1, 0.15) is 118 Å². The molecule has 4 aliphatic heterocycles. The van der Waals surface area contributed by atoms with Crippen LogP contribution in [-0.2, 0) is 66.7 Å². The van der Waals surface area contributed by atoms with Gasteiger partial charge in [0.2, 0.25) is 12.2 Å². The molecule has 0 spiro atoms. The molecule has 14 unspecified atom stereocenters. The highest BCUT2D eigenvalue weighted by Crippen LogP contribution is 2.56. The van der Waals surface area contributed by atoms with Crippen LogP contribution in [0.3, 0.4) is 0 Å². The first kappa shape index (κ1) is 42.4. The maximum absolute atomic E-state index is 11.9. The zero-order chi connectivity index (χ0) is 41.2. The first-order valence-corrected chi connectivity index (χ1v) is 22.1. The molecule has 58 heavy (non-hydrogen) atoms. The predicted molar refractivity (Wildman–Crippen MR) is 202 cm³/mol. The molecule has 0 aromatic heterocycles. The normalized spacial score (nSPS) is 39.4. The van der Waals surface area contributed by atoms with Crippen LogP contribution >= 0.6 is 0 Å². The number of hydrogen-bond acceptors (Lipinski definition) is 14. The third kappa shape index (κ3) is 9.51. The van der Waals surface area contributed by atoms with Gasteiger partial charge in [-0.2, -0.15) is 0 Å². The van der Waals surface area contributed by atoms with Gasteiger partial charge < -0.3 is 33.2 Å². The van der Waals surface area contributed by atoms with Gasteiger partial charge in [-0.15, -0.1) is 0 Å². The second-order valence-electron chi connectivity index (χ2n) is 19.0. The summed E-state index contributed by atoms with van der Waals surface area (Å²) in [5.74, 6) is 3.63. The van der Waals surface area contributed by atoms with E-state index in [2.05, 4.69) is 4.74 Å². The molecule has 10 fully saturated rings. The van der Waals surface area contributed by atoms with Crippen molar-refractivity contribution in [3.63, 3.8) is 0 Å². The van der Waals surface area contributed by atoms with Crippen molar-refractivity contribution in [3.05, 3.63) is 0 Å². The minimum Gasteiger partial charge on any atom is -0.466 e. The molecular weight excluding hydrogens is 752 g/mol. The Balaban J connectivity index is 0.000000119. The molecule has 0 N–H and O–H groups in total. The molecule has 10 aliphatic rings. The molecule has 14 heteroatoms. The van der Waals surface area contributed by atoms with E-state index in [9.17, 15) is 33.6 Å². The molecule has 6 saturated carbocycles. The molecule has 14 atom stereocenters. The summed E-state index contributed by atoms with van der Waals surface area (Å²) in [6.45, 7) is 8.50. The van der Waals surface area contributed by atoms with Gasteiger partial charge in [-0.25, -0.2) is 9.59 Å². The third-order valence-electron chi connectivity index (χ3n) is 14.5. The van der Waals surface area contributed by atoms with Crippen LogP contribution in [0.5, 0.6) is 0 Å². The molecule has 6 aliphatic carbocycles. The zero-order valence-electron chi connectivity index (χ0n) is 34.5. The van der Waals surface area contributed by atoms with Crippen molar-refractivity contribution in [2.24, 2.45) is 71.0 Å². The monoisotopic (exact) mass is 814 g/mol. The lowest BCUT2D eigenvalue weighted by Crippen LogP contribution is -2.36. The van der Waals surface area contributed by atoms with Gasteiger partial charge >= 0.3 is 41.8 Å². The van der Waals surface area contributed by atoms with Gasteiger partial charge in [-0.1, -0.05) is 40.5 Å². The largest absolute Gasteiger partial charge is 0.466 e. The van der Waals surface area contributed by atoms with Crippen molar-refractivity contribution < 1.29 is 66.7 Å². The van der Waals surface area contributed by atoms with Gasteiger partial charge in [0.25, 0.3) is 0 Å². The topological polar surface area (TPSA) is 184 Å². The Bertz CT molecular complexity index is 1570. The Kier molecular flexibility index (Phi) is 13.4. The summed E-state index contributed by atoms with van der Waals surface area (Å²) in [6, 6.07) is 0. The molecule has 322 valence electrons. The molecule has 10 rings (SSSR count). The molecule has 0 aromatic rings. The van der Waals surface area contributed by atoms with E-state index in [1.54, 1.807) is 13.8 Å². The van der Waals surface area contributed by atoms with Gasteiger partial charge in [0.15, 0.2) is 0 Å². The SMILES string of the molecule is CC(C)C(=O)OC1C2CC3C(=O)OC1C3C2.CC(C)C(=O)OC1CCOC1=O.O=C1CC(C2CC3CCC2C3)CCO1.O=C1OCCC1OC(=O)C1CC2CCC1C2. The van der Waals surface area contributed by atoms with E-state index in [-0.39, 0.29) is 71.7 Å². The lowest BCUT2D eigenvalue weighted by Gasteiger charge is -2.32. The maximum atomic E-state index is 11.9. The van der Waals surface area contributed by atoms with Crippen LogP contribution < -0.4 is 0 Å². The molecule has 6 bridgehead atoms. The quantitative estimate of drug-likeness (QED) is 0.239. The highest BCUT2D eigenvalue weighted by Gasteiger charge is 2.63. The number of hydrogen-bond donors (Lipinski definition) is 0. The maximum Gasteiger partial charge on any atom is 0.347 e. The van der Waals surface area contributed by atoms with Gasteiger partial charge in [0.1, 0.15) is 12.2 Å². The first-order chi connectivity index (χ1) is 27.7. The van der Waals surface area contributed by atoms with Gasteiger partial charge in [0, 0.05) is 31.1 Å². The summed E-state index contributed by atoms with van der Waals surface area (Å²) in [5, 5.41) is 0. The Morgan fingerprint density at radius 2 is 1.16 bits per heavy atom. The van der Waals surface area contributed by atoms with Crippen molar-refractivity contribution in [3.8, 4) is 0 Å². The fourth-order valence-corrected chi connectivity index (χ4v) is 11.5.